The first-order valence-corrected chi connectivity index (χ1v) is 9.15. The second-order valence-electron chi connectivity index (χ2n) is 5.46. The van der Waals surface area contributed by atoms with E-state index in [0.717, 1.165) is 18.8 Å². The molecule has 0 aromatic carbocycles. The molecule has 1 aliphatic rings. The molecule has 1 aromatic heterocycles. The van der Waals surface area contributed by atoms with Gasteiger partial charge in [0.15, 0.2) is 0 Å². The monoisotopic (exact) mass is 312 g/mol. The van der Waals surface area contributed by atoms with Gasteiger partial charge in [-0.25, -0.2) is 23.1 Å². The van der Waals surface area contributed by atoms with Crippen LogP contribution >= 0.6 is 0 Å². The minimum Gasteiger partial charge on any atom is -0.355 e. The molecular weight excluding hydrogens is 288 g/mol. The molecule has 21 heavy (non-hydrogen) atoms. The summed E-state index contributed by atoms with van der Waals surface area (Å²) in [7, 11) is -3.49. The van der Waals surface area contributed by atoms with Gasteiger partial charge in [-0.15, -0.1) is 0 Å². The molecule has 1 aromatic rings. The van der Waals surface area contributed by atoms with Gasteiger partial charge in [0.2, 0.25) is 16.0 Å². The lowest BCUT2D eigenvalue weighted by Crippen LogP contribution is -2.25. The third-order valence-electron chi connectivity index (χ3n) is 3.83. The SMILES string of the molecule is CCNc1ncc(S(=O)(=O)NCCCC2CCCC2)cn1. The predicted molar refractivity (Wildman–Crippen MR) is 82.6 cm³/mol. The molecule has 118 valence electrons. The zero-order chi connectivity index (χ0) is 15.1. The van der Waals surface area contributed by atoms with Crippen molar-refractivity contribution in [1.29, 1.82) is 0 Å². The fourth-order valence-corrected chi connectivity index (χ4v) is 3.65. The molecule has 1 fully saturated rings. The Bertz CT molecular complexity index is 524. The Labute approximate surface area is 126 Å². The summed E-state index contributed by atoms with van der Waals surface area (Å²) in [5.41, 5.74) is 0. The van der Waals surface area contributed by atoms with E-state index < -0.39 is 10.0 Å². The molecule has 0 radical (unpaired) electrons. The highest BCUT2D eigenvalue weighted by atomic mass is 32.2. The Morgan fingerprint density at radius 1 is 1.24 bits per heavy atom. The lowest BCUT2D eigenvalue weighted by atomic mass is 10.0. The summed E-state index contributed by atoms with van der Waals surface area (Å²) in [5, 5.41) is 2.93. The van der Waals surface area contributed by atoms with E-state index >= 15 is 0 Å². The van der Waals surface area contributed by atoms with Crippen molar-refractivity contribution in [3.63, 3.8) is 0 Å². The van der Waals surface area contributed by atoms with Crippen LogP contribution in [0.4, 0.5) is 5.95 Å². The minimum absolute atomic E-state index is 0.116. The second kappa shape index (κ2) is 7.70. The molecule has 0 aliphatic heterocycles. The van der Waals surface area contributed by atoms with E-state index in [4.69, 9.17) is 0 Å². The summed E-state index contributed by atoms with van der Waals surface area (Å²) >= 11 is 0. The number of nitrogens with one attached hydrogen (secondary N) is 2. The van der Waals surface area contributed by atoms with Gasteiger partial charge >= 0.3 is 0 Å². The van der Waals surface area contributed by atoms with Crippen LogP contribution in [0.1, 0.15) is 45.4 Å². The molecule has 0 atom stereocenters. The number of hydrogen-bond donors (Lipinski definition) is 2. The lowest BCUT2D eigenvalue weighted by Gasteiger charge is -2.10. The fourth-order valence-electron chi connectivity index (χ4n) is 2.68. The van der Waals surface area contributed by atoms with Crippen molar-refractivity contribution in [2.45, 2.75) is 50.3 Å². The zero-order valence-corrected chi connectivity index (χ0v) is 13.3. The molecule has 1 heterocycles. The van der Waals surface area contributed by atoms with Gasteiger partial charge in [0.1, 0.15) is 4.90 Å². The van der Waals surface area contributed by atoms with Crippen molar-refractivity contribution in [2.75, 3.05) is 18.4 Å². The maximum atomic E-state index is 12.1. The predicted octanol–water partition coefficient (Wildman–Crippen LogP) is 2.16. The largest absolute Gasteiger partial charge is 0.355 e. The van der Waals surface area contributed by atoms with Gasteiger partial charge in [0.05, 0.1) is 12.4 Å². The maximum Gasteiger partial charge on any atom is 0.243 e. The Hall–Kier alpha value is -1.21. The normalized spacial score (nSPS) is 16.2. The topological polar surface area (TPSA) is 84.0 Å². The number of sulfonamides is 1. The molecule has 6 nitrogen and oxygen atoms in total. The molecule has 2 rings (SSSR count). The van der Waals surface area contributed by atoms with E-state index in [1.807, 2.05) is 6.92 Å². The quantitative estimate of drug-likeness (QED) is 0.719. The third-order valence-corrected chi connectivity index (χ3v) is 5.24. The molecule has 1 saturated carbocycles. The Balaban J connectivity index is 1.80. The van der Waals surface area contributed by atoms with Gasteiger partial charge in [-0.2, -0.15) is 0 Å². The third kappa shape index (κ3) is 4.93. The Morgan fingerprint density at radius 2 is 1.90 bits per heavy atom. The molecule has 0 spiro atoms. The summed E-state index contributed by atoms with van der Waals surface area (Å²) in [6.07, 6.45) is 9.92. The van der Waals surface area contributed by atoms with E-state index in [0.29, 0.717) is 19.0 Å². The summed E-state index contributed by atoms with van der Waals surface area (Å²) < 4.78 is 26.8. The van der Waals surface area contributed by atoms with Crippen molar-refractivity contribution in [3.05, 3.63) is 12.4 Å². The summed E-state index contributed by atoms with van der Waals surface area (Å²) in [6.45, 7) is 3.11. The Kier molecular flexibility index (Phi) is 5.93. The molecule has 0 amide bonds. The van der Waals surface area contributed by atoms with Crippen LogP contribution in [-0.2, 0) is 10.0 Å². The van der Waals surface area contributed by atoms with Crippen molar-refractivity contribution in [2.24, 2.45) is 5.92 Å². The molecule has 2 N–H and O–H groups in total. The van der Waals surface area contributed by atoms with Gasteiger partial charge < -0.3 is 5.32 Å². The van der Waals surface area contributed by atoms with Crippen molar-refractivity contribution in [1.82, 2.24) is 14.7 Å². The first-order chi connectivity index (χ1) is 10.1. The van der Waals surface area contributed by atoms with E-state index in [9.17, 15) is 8.42 Å². The number of anilines is 1. The van der Waals surface area contributed by atoms with Crippen molar-refractivity contribution in [3.8, 4) is 0 Å². The minimum atomic E-state index is -3.49. The standard InChI is InChI=1S/C14H24N4O2S/c1-2-15-14-16-10-13(11-17-14)21(19,20)18-9-5-8-12-6-3-4-7-12/h10-12,18H,2-9H2,1H3,(H,15,16,17). The average Bonchev–Trinajstić information content (AvgIpc) is 2.98. The van der Waals surface area contributed by atoms with Crippen LogP contribution in [0.2, 0.25) is 0 Å². The number of aromatic nitrogens is 2. The number of nitrogens with zero attached hydrogens (tertiary/aromatic N) is 2. The fraction of sp³-hybridized carbons (Fsp3) is 0.714. The van der Waals surface area contributed by atoms with Crippen LogP contribution < -0.4 is 10.0 Å². The van der Waals surface area contributed by atoms with Gasteiger partial charge in [-0.3, -0.25) is 0 Å². The molecule has 0 saturated heterocycles. The maximum absolute atomic E-state index is 12.1. The van der Waals surface area contributed by atoms with E-state index in [1.54, 1.807) is 0 Å². The van der Waals surface area contributed by atoms with Gasteiger partial charge in [0.25, 0.3) is 0 Å². The molecule has 0 unspecified atom stereocenters. The van der Waals surface area contributed by atoms with Gasteiger partial charge in [-0.05, 0) is 25.7 Å². The van der Waals surface area contributed by atoms with Crippen molar-refractivity contribution >= 4 is 16.0 Å². The van der Waals surface area contributed by atoms with E-state index in [1.165, 1.54) is 38.1 Å². The van der Waals surface area contributed by atoms with Crippen LogP contribution in [0.5, 0.6) is 0 Å². The smallest absolute Gasteiger partial charge is 0.243 e. The van der Waals surface area contributed by atoms with Crippen LogP contribution in [0, 0.1) is 5.92 Å². The van der Waals surface area contributed by atoms with E-state index in [2.05, 4.69) is 20.0 Å². The van der Waals surface area contributed by atoms with Crippen LogP contribution in [-0.4, -0.2) is 31.5 Å². The summed E-state index contributed by atoms with van der Waals surface area (Å²) in [4.78, 5) is 8.08. The zero-order valence-electron chi connectivity index (χ0n) is 12.5. The average molecular weight is 312 g/mol. The highest BCUT2D eigenvalue weighted by molar-refractivity contribution is 7.89. The van der Waals surface area contributed by atoms with Crippen LogP contribution in [0.25, 0.3) is 0 Å². The number of rotatable bonds is 8. The molecular formula is C14H24N4O2S. The Morgan fingerprint density at radius 3 is 2.52 bits per heavy atom. The van der Waals surface area contributed by atoms with Crippen LogP contribution in [0.3, 0.4) is 0 Å². The highest BCUT2D eigenvalue weighted by Crippen LogP contribution is 2.28. The number of hydrogen-bond acceptors (Lipinski definition) is 5. The van der Waals surface area contributed by atoms with Gasteiger partial charge in [-0.1, -0.05) is 25.7 Å². The van der Waals surface area contributed by atoms with E-state index in [-0.39, 0.29) is 4.90 Å². The first kappa shape index (κ1) is 16.2. The molecule has 0 bridgehead atoms. The first-order valence-electron chi connectivity index (χ1n) is 7.67. The van der Waals surface area contributed by atoms with Gasteiger partial charge in [0, 0.05) is 13.1 Å². The summed E-state index contributed by atoms with van der Waals surface area (Å²) in [5.74, 6) is 1.23. The van der Waals surface area contributed by atoms with Crippen LogP contribution in [0.15, 0.2) is 17.3 Å². The van der Waals surface area contributed by atoms with Crippen molar-refractivity contribution < 1.29 is 8.42 Å². The molecule has 1 aliphatic carbocycles. The lowest BCUT2D eigenvalue weighted by molar-refractivity contribution is 0.480. The second-order valence-corrected chi connectivity index (χ2v) is 7.23. The summed E-state index contributed by atoms with van der Waals surface area (Å²) in [6, 6.07) is 0. The molecule has 7 heteroatoms. The highest BCUT2D eigenvalue weighted by Gasteiger charge is 2.17.